The zero-order valence-corrected chi connectivity index (χ0v) is 11.7. The molecule has 0 amide bonds. The van der Waals surface area contributed by atoms with Gasteiger partial charge in [0.1, 0.15) is 11.3 Å². The van der Waals surface area contributed by atoms with E-state index >= 15 is 0 Å². The van der Waals surface area contributed by atoms with Crippen LogP contribution in [0.15, 0.2) is 24.5 Å². The maximum Gasteiger partial charge on any atom is 0.180 e. The average molecular weight is 277 g/mol. The minimum atomic E-state index is 0.207. The second-order valence-corrected chi connectivity index (χ2v) is 5.61. The Morgan fingerprint density at radius 1 is 1.16 bits per heavy atom. The van der Waals surface area contributed by atoms with E-state index in [0.717, 1.165) is 24.2 Å². The van der Waals surface area contributed by atoms with E-state index in [9.17, 15) is 0 Å². The van der Waals surface area contributed by atoms with Gasteiger partial charge in [-0.15, -0.1) is 11.6 Å². The van der Waals surface area contributed by atoms with Crippen molar-refractivity contribution in [2.75, 3.05) is 11.9 Å². The van der Waals surface area contributed by atoms with Gasteiger partial charge in [0.25, 0.3) is 0 Å². The van der Waals surface area contributed by atoms with Crippen molar-refractivity contribution in [1.29, 1.82) is 0 Å². The van der Waals surface area contributed by atoms with Crippen LogP contribution >= 0.6 is 11.6 Å². The van der Waals surface area contributed by atoms with Crippen LogP contribution in [0.3, 0.4) is 0 Å². The normalized spacial score (nSPS) is 23.5. The molecule has 0 spiro atoms. The lowest BCUT2D eigenvalue weighted by Gasteiger charge is -2.35. The molecule has 2 aromatic rings. The van der Waals surface area contributed by atoms with Crippen molar-refractivity contribution in [3.63, 3.8) is 0 Å². The van der Waals surface area contributed by atoms with E-state index in [0.29, 0.717) is 11.7 Å². The molecule has 2 aromatic heterocycles. The molecule has 0 radical (unpaired) electrons. The van der Waals surface area contributed by atoms with E-state index in [2.05, 4.69) is 26.9 Å². The Kier molecular flexibility index (Phi) is 3.51. The van der Waals surface area contributed by atoms with Gasteiger partial charge in [0, 0.05) is 25.5 Å². The molecule has 0 saturated heterocycles. The molecule has 0 bridgehead atoms. The molecule has 1 aliphatic carbocycles. The van der Waals surface area contributed by atoms with Gasteiger partial charge in [-0.25, -0.2) is 9.97 Å². The van der Waals surface area contributed by atoms with Gasteiger partial charge in [-0.05, 0) is 25.0 Å². The maximum atomic E-state index is 6.45. The summed E-state index contributed by atoms with van der Waals surface area (Å²) < 4.78 is 0. The standard InChI is InChI=1S/C14H17ClN4/c1-19(12-5-3-2-4-10(12)15)13-7-6-11-14(18-13)17-9-8-16-11/h6-10,12H,2-5H2,1H3. The molecule has 5 heteroatoms. The Hall–Kier alpha value is -1.42. The number of rotatable bonds is 2. The molecule has 100 valence electrons. The summed E-state index contributed by atoms with van der Waals surface area (Å²) in [5.74, 6) is 0.922. The fraction of sp³-hybridized carbons (Fsp3) is 0.500. The van der Waals surface area contributed by atoms with E-state index in [1.807, 2.05) is 12.1 Å². The van der Waals surface area contributed by atoms with Gasteiger partial charge in [0.15, 0.2) is 5.65 Å². The summed E-state index contributed by atoms with van der Waals surface area (Å²) >= 11 is 6.45. The molecule has 1 fully saturated rings. The molecule has 2 unspecified atom stereocenters. The van der Waals surface area contributed by atoms with Gasteiger partial charge in [-0.1, -0.05) is 12.8 Å². The highest BCUT2D eigenvalue weighted by molar-refractivity contribution is 6.21. The monoisotopic (exact) mass is 276 g/mol. The van der Waals surface area contributed by atoms with E-state index in [1.165, 1.54) is 12.8 Å². The molecular weight excluding hydrogens is 260 g/mol. The van der Waals surface area contributed by atoms with Gasteiger partial charge in [0.05, 0.1) is 5.38 Å². The minimum Gasteiger partial charge on any atom is -0.355 e. The van der Waals surface area contributed by atoms with Crippen molar-refractivity contribution in [3.05, 3.63) is 24.5 Å². The second kappa shape index (κ2) is 5.29. The highest BCUT2D eigenvalue weighted by atomic mass is 35.5. The first-order valence-electron chi connectivity index (χ1n) is 6.70. The van der Waals surface area contributed by atoms with Crippen LogP contribution in [0.25, 0.3) is 11.2 Å². The topological polar surface area (TPSA) is 41.9 Å². The summed E-state index contributed by atoms with van der Waals surface area (Å²) in [5, 5.41) is 0.207. The first-order chi connectivity index (χ1) is 9.25. The highest BCUT2D eigenvalue weighted by Gasteiger charge is 2.27. The lowest BCUT2D eigenvalue weighted by molar-refractivity contribution is 0.433. The van der Waals surface area contributed by atoms with Crippen LogP contribution < -0.4 is 4.90 Å². The number of alkyl halides is 1. The summed E-state index contributed by atoms with van der Waals surface area (Å²) in [7, 11) is 2.07. The summed E-state index contributed by atoms with van der Waals surface area (Å²) in [6.45, 7) is 0. The highest BCUT2D eigenvalue weighted by Crippen LogP contribution is 2.29. The number of hydrogen-bond donors (Lipinski definition) is 0. The van der Waals surface area contributed by atoms with E-state index in [-0.39, 0.29) is 5.38 Å². The van der Waals surface area contributed by atoms with Gasteiger partial charge in [-0.2, -0.15) is 0 Å². The van der Waals surface area contributed by atoms with E-state index in [1.54, 1.807) is 12.4 Å². The van der Waals surface area contributed by atoms with Crippen molar-refractivity contribution in [1.82, 2.24) is 15.0 Å². The van der Waals surface area contributed by atoms with Crippen molar-refractivity contribution in [2.45, 2.75) is 37.1 Å². The van der Waals surface area contributed by atoms with Gasteiger partial charge in [-0.3, -0.25) is 4.98 Å². The number of anilines is 1. The van der Waals surface area contributed by atoms with Crippen molar-refractivity contribution in [2.24, 2.45) is 0 Å². The number of pyridine rings is 1. The number of halogens is 1. The molecule has 3 rings (SSSR count). The molecule has 2 atom stereocenters. The van der Waals surface area contributed by atoms with Crippen LogP contribution in [-0.4, -0.2) is 33.4 Å². The molecular formula is C14H17ClN4. The number of nitrogens with zero attached hydrogens (tertiary/aromatic N) is 4. The molecule has 19 heavy (non-hydrogen) atoms. The van der Waals surface area contributed by atoms with E-state index < -0.39 is 0 Å². The summed E-state index contributed by atoms with van der Waals surface area (Å²) in [5.41, 5.74) is 1.51. The first-order valence-corrected chi connectivity index (χ1v) is 7.14. The quantitative estimate of drug-likeness (QED) is 0.791. The Bertz CT molecular complexity index is 574. The third kappa shape index (κ3) is 2.50. The van der Waals surface area contributed by atoms with Crippen molar-refractivity contribution < 1.29 is 0 Å². The minimum absolute atomic E-state index is 0.207. The first kappa shape index (κ1) is 12.6. The second-order valence-electron chi connectivity index (χ2n) is 5.05. The van der Waals surface area contributed by atoms with Crippen LogP contribution in [0.4, 0.5) is 5.82 Å². The number of fused-ring (bicyclic) bond motifs is 1. The lowest BCUT2D eigenvalue weighted by Crippen LogP contribution is -2.41. The van der Waals surface area contributed by atoms with Crippen molar-refractivity contribution >= 4 is 28.6 Å². The third-order valence-electron chi connectivity index (χ3n) is 3.82. The SMILES string of the molecule is CN(c1ccc2nccnc2n1)C1CCCCC1Cl. The van der Waals surface area contributed by atoms with E-state index in [4.69, 9.17) is 11.6 Å². The van der Waals surface area contributed by atoms with Crippen LogP contribution in [0, 0.1) is 0 Å². The zero-order valence-electron chi connectivity index (χ0n) is 11.0. The molecule has 0 N–H and O–H groups in total. The Morgan fingerprint density at radius 2 is 1.95 bits per heavy atom. The Morgan fingerprint density at radius 3 is 2.79 bits per heavy atom. The molecule has 4 nitrogen and oxygen atoms in total. The Balaban J connectivity index is 1.90. The van der Waals surface area contributed by atoms with Crippen molar-refractivity contribution in [3.8, 4) is 0 Å². The average Bonchev–Trinajstić information content (AvgIpc) is 2.46. The van der Waals surface area contributed by atoms with Crippen LogP contribution in [0.2, 0.25) is 0 Å². The van der Waals surface area contributed by atoms with Gasteiger partial charge < -0.3 is 4.90 Å². The fourth-order valence-corrected chi connectivity index (χ4v) is 3.16. The van der Waals surface area contributed by atoms with Gasteiger partial charge >= 0.3 is 0 Å². The summed E-state index contributed by atoms with van der Waals surface area (Å²) in [6.07, 6.45) is 8.04. The maximum absolute atomic E-state index is 6.45. The zero-order chi connectivity index (χ0) is 13.2. The Labute approximate surface area is 117 Å². The summed E-state index contributed by atoms with van der Waals surface area (Å²) in [4.78, 5) is 15.3. The molecule has 0 aliphatic heterocycles. The van der Waals surface area contributed by atoms with Crippen LogP contribution in [-0.2, 0) is 0 Å². The largest absolute Gasteiger partial charge is 0.355 e. The fourth-order valence-electron chi connectivity index (χ4n) is 2.71. The summed E-state index contributed by atoms with van der Waals surface area (Å²) in [6, 6.07) is 4.32. The van der Waals surface area contributed by atoms with Crippen LogP contribution in [0.1, 0.15) is 25.7 Å². The molecule has 1 aliphatic rings. The predicted octanol–water partition coefficient (Wildman–Crippen LogP) is 3.01. The molecule has 0 aromatic carbocycles. The predicted molar refractivity (Wildman–Crippen MR) is 77.6 cm³/mol. The number of hydrogen-bond acceptors (Lipinski definition) is 4. The van der Waals surface area contributed by atoms with Gasteiger partial charge in [0.2, 0.25) is 0 Å². The number of aromatic nitrogens is 3. The lowest BCUT2D eigenvalue weighted by atomic mass is 9.94. The molecule has 1 saturated carbocycles. The third-order valence-corrected chi connectivity index (χ3v) is 4.33. The molecule has 2 heterocycles. The smallest absolute Gasteiger partial charge is 0.180 e. The van der Waals surface area contributed by atoms with Crippen LogP contribution in [0.5, 0.6) is 0 Å².